The van der Waals surface area contributed by atoms with Crippen molar-refractivity contribution in [1.29, 1.82) is 0 Å². The topological polar surface area (TPSA) is 51.2 Å². The van der Waals surface area contributed by atoms with Gasteiger partial charge in [-0.2, -0.15) is 0 Å². The highest BCUT2D eigenvalue weighted by molar-refractivity contribution is 5.76. The van der Waals surface area contributed by atoms with Crippen molar-refractivity contribution in [2.75, 3.05) is 6.61 Å². The first kappa shape index (κ1) is 13.6. The zero-order valence-electron chi connectivity index (χ0n) is 10.6. The van der Waals surface area contributed by atoms with Crippen molar-refractivity contribution in [2.45, 2.75) is 33.4 Å². The Kier molecular flexibility index (Phi) is 5.63. The lowest BCUT2D eigenvalue weighted by Crippen LogP contribution is -2.41. The van der Waals surface area contributed by atoms with Gasteiger partial charge in [-0.25, -0.2) is 0 Å². The minimum absolute atomic E-state index is 0.184. The lowest BCUT2D eigenvalue weighted by Gasteiger charge is -2.20. The van der Waals surface area contributed by atoms with Gasteiger partial charge in [0.25, 0.3) is 0 Å². The maximum absolute atomic E-state index is 11.7. The van der Waals surface area contributed by atoms with Crippen LogP contribution in [0.15, 0.2) is 24.5 Å². The Bertz CT molecular complexity index is 339. The van der Waals surface area contributed by atoms with Gasteiger partial charge in [0.2, 0.25) is 0 Å². The molecule has 0 aromatic carbocycles. The van der Waals surface area contributed by atoms with E-state index in [2.05, 4.69) is 10.3 Å². The van der Waals surface area contributed by atoms with E-state index in [1.807, 2.05) is 32.9 Å². The number of pyridine rings is 1. The van der Waals surface area contributed by atoms with E-state index in [9.17, 15) is 4.79 Å². The van der Waals surface area contributed by atoms with Crippen LogP contribution in [0.5, 0.6) is 0 Å². The van der Waals surface area contributed by atoms with Crippen LogP contribution in [0.2, 0.25) is 0 Å². The molecule has 0 aliphatic heterocycles. The molecular weight excluding hydrogens is 216 g/mol. The summed E-state index contributed by atoms with van der Waals surface area (Å²) in [6.07, 6.45) is 3.48. The summed E-state index contributed by atoms with van der Waals surface area (Å²) in [5, 5.41) is 3.22. The second-order valence-corrected chi connectivity index (χ2v) is 4.21. The average molecular weight is 236 g/mol. The van der Waals surface area contributed by atoms with Crippen LogP contribution in [-0.4, -0.2) is 23.6 Å². The van der Waals surface area contributed by atoms with Crippen molar-refractivity contribution in [3.8, 4) is 0 Å². The number of ether oxygens (including phenoxy) is 1. The van der Waals surface area contributed by atoms with Crippen molar-refractivity contribution in [3.63, 3.8) is 0 Å². The third-order valence-corrected chi connectivity index (χ3v) is 2.48. The van der Waals surface area contributed by atoms with Crippen LogP contribution in [0, 0.1) is 5.92 Å². The van der Waals surface area contributed by atoms with Crippen LogP contribution >= 0.6 is 0 Å². The summed E-state index contributed by atoms with van der Waals surface area (Å²) in [5.74, 6) is 0.0208. The molecule has 17 heavy (non-hydrogen) atoms. The Labute approximate surface area is 102 Å². The molecule has 94 valence electrons. The fourth-order valence-electron chi connectivity index (χ4n) is 1.55. The van der Waals surface area contributed by atoms with Gasteiger partial charge in [0.05, 0.1) is 6.61 Å². The molecular formula is C13H20N2O2. The number of nitrogens with zero attached hydrogens (tertiary/aromatic N) is 1. The first-order valence-electron chi connectivity index (χ1n) is 5.94. The van der Waals surface area contributed by atoms with E-state index in [4.69, 9.17) is 4.74 Å². The van der Waals surface area contributed by atoms with Crippen LogP contribution in [0.25, 0.3) is 0 Å². The first-order valence-corrected chi connectivity index (χ1v) is 5.94. The van der Waals surface area contributed by atoms with Crippen molar-refractivity contribution < 1.29 is 9.53 Å². The normalized spacial score (nSPS) is 12.5. The van der Waals surface area contributed by atoms with Crippen LogP contribution in [-0.2, 0) is 16.1 Å². The Morgan fingerprint density at radius 2 is 2.06 bits per heavy atom. The van der Waals surface area contributed by atoms with Crippen LogP contribution in [0.1, 0.15) is 26.3 Å². The molecule has 0 aliphatic carbocycles. The van der Waals surface area contributed by atoms with Crippen molar-refractivity contribution in [1.82, 2.24) is 10.3 Å². The van der Waals surface area contributed by atoms with Gasteiger partial charge in [0.1, 0.15) is 6.04 Å². The van der Waals surface area contributed by atoms with Crippen molar-refractivity contribution in [3.05, 3.63) is 30.1 Å². The molecule has 1 aromatic rings. The molecule has 4 nitrogen and oxygen atoms in total. The molecule has 0 saturated heterocycles. The van der Waals surface area contributed by atoms with Gasteiger partial charge in [-0.05, 0) is 30.5 Å². The highest BCUT2D eigenvalue weighted by atomic mass is 16.5. The number of hydrogen-bond donors (Lipinski definition) is 1. The van der Waals surface area contributed by atoms with E-state index >= 15 is 0 Å². The van der Waals surface area contributed by atoms with Gasteiger partial charge in [-0.3, -0.25) is 9.78 Å². The fraction of sp³-hybridized carbons (Fsp3) is 0.538. The minimum atomic E-state index is -0.261. The van der Waals surface area contributed by atoms with E-state index < -0.39 is 0 Å². The molecule has 0 bridgehead atoms. The van der Waals surface area contributed by atoms with Gasteiger partial charge in [-0.1, -0.05) is 13.8 Å². The molecule has 4 heteroatoms. The van der Waals surface area contributed by atoms with E-state index in [1.165, 1.54) is 0 Å². The molecule has 1 aromatic heterocycles. The first-order chi connectivity index (χ1) is 8.15. The van der Waals surface area contributed by atoms with Crippen LogP contribution in [0.4, 0.5) is 0 Å². The highest BCUT2D eigenvalue weighted by Crippen LogP contribution is 2.06. The predicted octanol–water partition coefficient (Wildman–Crippen LogP) is 1.76. The highest BCUT2D eigenvalue weighted by Gasteiger charge is 2.22. The molecule has 0 saturated carbocycles. The zero-order valence-corrected chi connectivity index (χ0v) is 10.6. The fourth-order valence-corrected chi connectivity index (χ4v) is 1.55. The van der Waals surface area contributed by atoms with E-state index in [1.54, 1.807) is 12.4 Å². The molecule has 0 amide bonds. The van der Waals surface area contributed by atoms with E-state index in [0.717, 1.165) is 5.56 Å². The number of esters is 1. The lowest BCUT2D eigenvalue weighted by molar-refractivity contribution is -0.146. The van der Waals surface area contributed by atoms with Crippen LogP contribution in [0.3, 0.4) is 0 Å². The predicted molar refractivity (Wildman–Crippen MR) is 66.3 cm³/mol. The minimum Gasteiger partial charge on any atom is -0.465 e. The third kappa shape index (κ3) is 4.53. The summed E-state index contributed by atoms with van der Waals surface area (Å²) in [6.45, 7) is 6.88. The second-order valence-electron chi connectivity index (χ2n) is 4.21. The van der Waals surface area contributed by atoms with Crippen molar-refractivity contribution >= 4 is 5.97 Å². The molecule has 1 rings (SSSR count). The molecule has 0 spiro atoms. The molecule has 0 fully saturated rings. The number of nitrogens with one attached hydrogen (secondary N) is 1. The van der Waals surface area contributed by atoms with Gasteiger partial charge < -0.3 is 10.1 Å². The molecule has 0 radical (unpaired) electrons. The SMILES string of the molecule is CCOC(=O)C(NCc1ccncc1)C(C)C. The molecule has 1 atom stereocenters. The summed E-state index contributed by atoms with van der Waals surface area (Å²) in [5.41, 5.74) is 1.11. The monoisotopic (exact) mass is 236 g/mol. The maximum atomic E-state index is 11.7. The Morgan fingerprint density at radius 3 is 2.59 bits per heavy atom. The zero-order chi connectivity index (χ0) is 12.7. The number of hydrogen-bond acceptors (Lipinski definition) is 4. The Hall–Kier alpha value is -1.42. The summed E-state index contributed by atoms with van der Waals surface area (Å²) in [7, 11) is 0. The van der Waals surface area contributed by atoms with E-state index in [-0.39, 0.29) is 17.9 Å². The lowest BCUT2D eigenvalue weighted by atomic mass is 10.0. The van der Waals surface area contributed by atoms with E-state index in [0.29, 0.717) is 13.2 Å². The summed E-state index contributed by atoms with van der Waals surface area (Å²) in [4.78, 5) is 15.7. The molecule has 1 heterocycles. The third-order valence-electron chi connectivity index (χ3n) is 2.48. The van der Waals surface area contributed by atoms with Crippen molar-refractivity contribution in [2.24, 2.45) is 5.92 Å². The summed E-state index contributed by atoms with van der Waals surface area (Å²) in [6, 6.07) is 3.59. The van der Waals surface area contributed by atoms with Gasteiger partial charge >= 0.3 is 5.97 Å². The molecule has 1 unspecified atom stereocenters. The summed E-state index contributed by atoms with van der Waals surface area (Å²) >= 11 is 0. The number of rotatable bonds is 6. The van der Waals surface area contributed by atoms with Gasteiger partial charge in [-0.15, -0.1) is 0 Å². The average Bonchev–Trinajstić information content (AvgIpc) is 2.30. The Balaban J connectivity index is 2.53. The number of carbonyl (C=O) groups excluding carboxylic acids is 1. The second kappa shape index (κ2) is 7.01. The van der Waals surface area contributed by atoms with Gasteiger partial charge in [0, 0.05) is 18.9 Å². The molecule has 0 aliphatic rings. The van der Waals surface area contributed by atoms with Crippen LogP contribution < -0.4 is 5.32 Å². The molecule has 1 N–H and O–H groups in total. The van der Waals surface area contributed by atoms with Gasteiger partial charge in [0.15, 0.2) is 0 Å². The summed E-state index contributed by atoms with van der Waals surface area (Å²) < 4.78 is 5.04. The number of carbonyl (C=O) groups is 1. The quantitative estimate of drug-likeness (QED) is 0.765. The maximum Gasteiger partial charge on any atom is 0.323 e. The standard InChI is InChI=1S/C13H20N2O2/c1-4-17-13(16)12(10(2)3)15-9-11-5-7-14-8-6-11/h5-8,10,12,15H,4,9H2,1-3H3. The number of aromatic nitrogens is 1. The smallest absolute Gasteiger partial charge is 0.323 e. The largest absolute Gasteiger partial charge is 0.465 e. The Morgan fingerprint density at radius 1 is 1.41 bits per heavy atom.